The Morgan fingerprint density at radius 3 is 0.696 bits per heavy atom. The van der Waals surface area contributed by atoms with Crippen molar-refractivity contribution in [1.82, 2.24) is 0 Å². The first-order chi connectivity index (χ1) is 22.4. The third-order valence-electron chi connectivity index (χ3n) is 7.27. The molecule has 0 bridgehead atoms. The first-order valence-electron chi connectivity index (χ1n) is 15.7. The number of rotatable bonds is 6. The zero-order valence-electron chi connectivity index (χ0n) is 26.0. The van der Waals surface area contributed by atoms with Crippen molar-refractivity contribution in [3.05, 3.63) is 200 Å². The molecule has 0 saturated heterocycles. The number of hydrogen-bond acceptors (Lipinski definition) is 0. The van der Waals surface area contributed by atoms with Gasteiger partial charge in [0, 0.05) is 21.1 Å². The van der Waals surface area contributed by atoms with E-state index in [4.69, 9.17) is 0 Å². The molecular weight excluding hydrogens is 773 g/mol. The SMILES string of the molecule is C1=CCCCCC=1.[Pt].c1ccc(P(c2ccccc2)c2ccccc2)cc1.c1ccc(P(c2ccccc2)c2ccccc2)cc1. The molecule has 0 nitrogen and oxygen atoms in total. The predicted molar refractivity (Wildman–Crippen MR) is 201 cm³/mol. The summed E-state index contributed by atoms with van der Waals surface area (Å²) in [5.74, 6) is 0. The van der Waals surface area contributed by atoms with Crippen LogP contribution < -0.4 is 31.8 Å². The average Bonchev–Trinajstić information content (AvgIpc) is 3.46. The molecule has 232 valence electrons. The van der Waals surface area contributed by atoms with Gasteiger partial charge < -0.3 is 0 Å². The van der Waals surface area contributed by atoms with Gasteiger partial charge in [0.1, 0.15) is 0 Å². The second kappa shape index (κ2) is 20.5. The van der Waals surface area contributed by atoms with E-state index in [9.17, 15) is 0 Å². The van der Waals surface area contributed by atoms with Crippen LogP contribution in [0.25, 0.3) is 0 Å². The minimum absolute atomic E-state index is 0. The third-order valence-corrected chi connectivity index (χ3v) is 12.2. The Balaban J connectivity index is 0.000000170. The summed E-state index contributed by atoms with van der Waals surface area (Å²) in [6, 6.07) is 64.7. The van der Waals surface area contributed by atoms with E-state index in [0.717, 1.165) is 0 Å². The fraction of sp³-hybridized carbons (Fsp3) is 0.0930. The minimum atomic E-state index is -0.446. The Kier molecular flexibility index (Phi) is 15.7. The molecule has 6 aromatic rings. The Labute approximate surface area is 292 Å². The van der Waals surface area contributed by atoms with Crippen molar-refractivity contribution in [2.45, 2.75) is 25.7 Å². The topological polar surface area (TPSA) is 0 Å². The summed E-state index contributed by atoms with van der Waals surface area (Å²) in [7, 11) is -0.892. The van der Waals surface area contributed by atoms with Crippen molar-refractivity contribution in [3.63, 3.8) is 0 Å². The third kappa shape index (κ3) is 11.0. The van der Waals surface area contributed by atoms with Crippen molar-refractivity contribution < 1.29 is 21.1 Å². The molecular formula is C43H40P2Pt. The van der Waals surface area contributed by atoms with E-state index < -0.39 is 15.8 Å². The van der Waals surface area contributed by atoms with E-state index in [-0.39, 0.29) is 21.1 Å². The van der Waals surface area contributed by atoms with E-state index in [1.165, 1.54) is 57.5 Å². The van der Waals surface area contributed by atoms with E-state index in [0.29, 0.717) is 0 Å². The van der Waals surface area contributed by atoms with Gasteiger partial charge in [-0.1, -0.05) is 182 Å². The first-order valence-corrected chi connectivity index (χ1v) is 18.4. The summed E-state index contributed by atoms with van der Waals surface area (Å²) in [6.45, 7) is 0. The van der Waals surface area contributed by atoms with Crippen LogP contribution in [0.2, 0.25) is 0 Å². The molecule has 0 spiro atoms. The van der Waals surface area contributed by atoms with Crippen LogP contribution in [0.1, 0.15) is 25.7 Å². The van der Waals surface area contributed by atoms with Gasteiger partial charge >= 0.3 is 0 Å². The Morgan fingerprint density at radius 1 is 0.304 bits per heavy atom. The molecule has 0 fully saturated rings. The molecule has 1 aliphatic carbocycles. The largest absolute Gasteiger partial charge is 0.130 e. The van der Waals surface area contributed by atoms with Gasteiger partial charge in [-0.25, -0.2) is 0 Å². The van der Waals surface area contributed by atoms with Gasteiger partial charge in [0.05, 0.1) is 0 Å². The van der Waals surface area contributed by atoms with Crippen LogP contribution in [0, 0.1) is 0 Å². The van der Waals surface area contributed by atoms with Gasteiger partial charge in [0.15, 0.2) is 0 Å². The fourth-order valence-electron chi connectivity index (χ4n) is 5.10. The molecule has 0 unspecified atom stereocenters. The van der Waals surface area contributed by atoms with Crippen LogP contribution in [0.5, 0.6) is 0 Å². The molecule has 0 aliphatic heterocycles. The van der Waals surface area contributed by atoms with E-state index in [2.05, 4.69) is 200 Å². The smallest absolute Gasteiger partial charge is 0 e. The van der Waals surface area contributed by atoms with Crippen LogP contribution in [0.3, 0.4) is 0 Å². The van der Waals surface area contributed by atoms with Crippen LogP contribution >= 0.6 is 15.8 Å². The summed E-state index contributed by atoms with van der Waals surface area (Å²) >= 11 is 0. The minimum Gasteiger partial charge on any atom is -0.130 e. The first kappa shape index (κ1) is 35.2. The molecule has 0 aromatic heterocycles. The second-order valence-corrected chi connectivity index (χ2v) is 15.0. The number of hydrogen-bond donors (Lipinski definition) is 0. The van der Waals surface area contributed by atoms with Crippen molar-refractivity contribution >= 4 is 47.7 Å². The van der Waals surface area contributed by atoms with Crippen molar-refractivity contribution in [2.75, 3.05) is 0 Å². The zero-order valence-corrected chi connectivity index (χ0v) is 30.1. The maximum atomic E-state index is 3.10. The van der Waals surface area contributed by atoms with Gasteiger partial charge in [-0.2, -0.15) is 0 Å². The summed E-state index contributed by atoms with van der Waals surface area (Å²) in [4.78, 5) is 0. The Hall–Kier alpha value is -3.61. The maximum Gasteiger partial charge on any atom is 0 e. The zero-order chi connectivity index (χ0) is 30.8. The summed E-state index contributed by atoms with van der Waals surface area (Å²) in [6.07, 6.45) is 9.40. The molecule has 0 radical (unpaired) electrons. The summed E-state index contributed by atoms with van der Waals surface area (Å²) < 4.78 is 0. The van der Waals surface area contributed by atoms with Gasteiger partial charge in [-0.15, -0.1) is 5.73 Å². The summed E-state index contributed by atoms with van der Waals surface area (Å²) in [5.41, 5.74) is 3.10. The van der Waals surface area contributed by atoms with Crippen LogP contribution in [-0.4, -0.2) is 0 Å². The standard InChI is InChI=1S/2C18H15P.C7H10.Pt/c2*1-4-10-16(11-5-1)19(17-12-6-2-7-13-17)18-14-8-3-9-15-18;1-2-4-6-7-5-3-1;/h2*1-15H;1,5H,2,4,6-7H2;. The van der Waals surface area contributed by atoms with Crippen molar-refractivity contribution in [1.29, 1.82) is 0 Å². The van der Waals surface area contributed by atoms with E-state index in [1.54, 1.807) is 0 Å². The maximum absolute atomic E-state index is 3.10. The molecule has 0 amide bonds. The predicted octanol–water partition coefficient (Wildman–Crippen LogP) is 9.16. The Morgan fingerprint density at radius 2 is 0.500 bits per heavy atom. The fourth-order valence-corrected chi connectivity index (χ4v) is 9.71. The molecule has 6 aromatic carbocycles. The number of allylic oxidation sites excluding steroid dienone is 1. The quantitative estimate of drug-likeness (QED) is 0.116. The van der Waals surface area contributed by atoms with E-state index in [1.807, 2.05) is 0 Å². The molecule has 0 heterocycles. The molecule has 1 aliphatic rings. The van der Waals surface area contributed by atoms with Crippen molar-refractivity contribution in [3.8, 4) is 0 Å². The van der Waals surface area contributed by atoms with Crippen LogP contribution in [0.15, 0.2) is 200 Å². The monoisotopic (exact) mass is 813 g/mol. The molecule has 46 heavy (non-hydrogen) atoms. The van der Waals surface area contributed by atoms with Crippen LogP contribution in [-0.2, 0) is 21.1 Å². The average molecular weight is 814 g/mol. The van der Waals surface area contributed by atoms with Gasteiger partial charge in [0.25, 0.3) is 0 Å². The Bertz CT molecular complexity index is 1390. The number of benzene rings is 6. The van der Waals surface area contributed by atoms with Crippen molar-refractivity contribution in [2.24, 2.45) is 0 Å². The van der Waals surface area contributed by atoms with Crippen LogP contribution in [0.4, 0.5) is 0 Å². The van der Waals surface area contributed by atoms with E-state index >= 15 is 0 Å². The molecule has 0 saturated carbocycles. The molecule has 3 heteroatoms. The van der Waals surface area contributed by atoms with Gasteiger partial charge in [-0.3, -0.25) is 0 Å². The molecule has 7 rings (SSSR count). The van der Waals surface area contributed by atoms with Gasteiger partial charge in [0.2, 0.25) is 0 Å². The van der Waals surface area contributed by atoms with Gasteiger partial charge in [-0.05, 0) is 85.5 Å². The summed E-state index contributed by atoms with van der Waals surface area (Å²) in [5, 5.41) is 8.39. The normalized spacial score (nSPS) is 11.7. The second-order valence-electron chi connectivity index (χ2n) is 10.5. The molecule has 0 N–H and O–H groups in total. The molecule has 0 atom stereocenters.